The highest BCUT2D eigenvalue weighted by Gasteiger charge is 2.28. The van der Waals surface area contributed by atoms with Gasteiger partial charge in [0.15, 0.2) is 0 Å². The zero-order valence-electron chi connectivity index (χ0n) is 22.5. The molecule has 35 heavy (non-hydrogen) atoms. The molecule has 0 radical (unpaired) electrons. The highest BCUT2D eigenvalue weighted by molar-refractivity contribution is 5.79. The summed E-state index contributed by atoms with van der Waals surface area (Å²) < 4.78 is 1.70. The molecule has 2 unspecified atom stereocenters. The summed E-state index contributed by atoms with van der Waals surface area (Å²) in [4.78, 5) is 34.1. The van der Waals surface area contributed by atoms with Crippen molar-refractivity contribution in [2.45, 2.75) is 80.2 Å². The molecule has 188 valence electrons. The third-order valence-electron chi connectivity index (χ3n) is 6.51. The first-order valence-electron chi connectivity index (χ1n) is 13.0. The topological polar surface area (TPSA) is 55.2 Å². The molecule has 0 aliphatic heterocycles. The minimum atomic E-state index is -0.340. The van der Waals surface area contributed by atoms with Gasteiger partial charge >= 0.3 is 0 Å². The van der Waals surface area contributed by atoms with Gasteiger partial charge in [-0.25, -0.2) is 4.98 Å². The van der Waals surface area contributed by atoms with Crippen molar-refractivity contribution in [1.29, 1.82) is 0 Å². The van der Waals surface area contributed by atoms with Gasteiger partial charge in [0.05, 0.1) is 22.6 Å². The molecule has 0 saturated carbocycles. The van der Waals surface area contributed by atoms with Gasteiger partial charge in [-0.05, 0) is 67.3 Å². The second-order valence-electron chi connectivity index (χ2n) is 11.0. The van der Waals surface area contributed by atoms with Crippen LogP contribution in [0.25, 0.3) is 16.6 Å². The fraction of sp³-hybridized carbons (Fsp3) is 0.500. The Labute approximate surface area is 210 Å². The molecule has 0 aliphatic carbocycles. The largest absolute Gasteiger partial charge is 0.333 e. The molecule has 5 heteroatoms. The number of benzene rings is 2. The van der Waals surface area contributed by atoms with Crippen LogP contribution < -0.4 is 5.56 Å². The van der Waals surface area contributed by atoms with E-state index in [1.165, 1.54) is 5.56 Å². The smallest absolute Gasteiger partial charge is 0.266 e. The van der Waals surface area contributed by atoms with E-state index in [1.54, 1.807) is 4.57 Å². The fourth-order valence-corrected chi connectivity index (χ4v) is 5.01. The Kier molecular flexibility index (Phi) is 8.52. The van der Waals surface area contributed by atoms with Crippen LogP contribution in [0.15, 0.2) is 53.3 Å². The van der Waals surface area contributed by atoms with Gasteiger partial charge in [-0.15, -0.1) is 0 Å². The summed E-state index contributed by atoms with van der Waals surface area (Å²) >= 11 is 0. The van der Waals surface area contributed by atoms with E-state index in [1.807, 2.05) is 48.2 Å². The molecular formula is C30H41N3O2. The van der Waals surface area contributed by atoms with Crippen LogP contribution in [0.1, 0.15) is 85.2 Å². The Balaban J connectivity index is 2.09. The summed E-state index contributed by atoms with van der Waals surface area (Å²) in [5.41, 5.74) is 2.71. The van der Waals surface area contributed by atoms with Crippen molar-refractivity contribution >= 4 is 16.8 Å². The highest BCUT2D eigenvalue weighted by atomic mass is 16.2. The molecule has 2 atom stereocenters. The molecule has 0 fully saturated rings. The number of hydrogen-bond acceptors (Lipinski definition) is 3. The molecule has 1 amide bonds. The molecule has 0 bridgehead atoms. The van der Waals surface area contributed by atoms with Gasteiger partial charge in [-0.1, -0.05) is 65.8 Å². The second kappa shape index (κ2) is 11.2. The third-order valence-corrected chi connectivity index (χ3v) is 6.51. The van der Waals surface area contributed by atoms with Crippen LogP contribution >= 0.6 is 0 Å². The summed E-state index contributed by atoms with van der Waals surface area (Å²) in [6.45, 7) is 15.6. The van der Waals surface area contributed by atoms with Crippen molar-refractivity contribution in [3.63, 3.8) is 0 Å². The quantitative estimate of drug-likeness (QED) is 0.346. The molecule has 0 N–H and O–H groups in total. The van der Waals surface area contributed by atoms with E-state index in [0.717, 1.165) is 24.9 Å². The predicted molar refractivity (Wildman–Crippen MR) is 145 cm³/mol. The predicted octanol–water partition coefficient (Wildman–Crippen LogP) is 6.71. The van der Waals surface area contributed by atoms with E-state index >= 15 is 0 Å². The zero-order valence-corrected chi connectivity index (χ0v) is 22.5. The molecule has 1 aromatic heterocycles. The Hall–Kier alpha value is -2.95. The molecule has 2 aromatic carbocycles. The first-order valence-corrected chi connectivity index (χ1v) is 13.0. The standard InChI is InChI=1S/C30H41N3O2/c1-8-18-32(27(34)19-21(3)20-30(5,6)7)22(4)28-31-26-13-11-10-12-25(26)29(35)33(28)24-16-14-23(9-2)15-17-24/h10-17,21-22H,8-9,18-20H2,1-7H3. The molecule has 0 aliphatic rings. The molecule has 5 nitrogen and oxygen atoms in total. The van der Waals surface area contributed by atoms with Gasteiger partial charge in [0.1, 0.15) is 5.82 Å². The maximum absolute atomic E-state index is 13.7. The van der Waals surface area contributed by atoms with Crippen molar-refractivity contribution in [3.05, 3.63) is 70.3 Å². The summed E-state index contributed by atoms with van der Waals surface area (Å²) in [6.07, 6.45) is 3.24. The van der Waals surface area contributed by atoms with Gasteiger partial charge in [0.25, 0.3) is 5.56 Å². The van der Waals surface area contributed by atoms with E-state index in [0.29, 0.717) is 29.7 Å². The molecular weight excluding hydrogens is 434 g/mol. The Morgan fingerprint density at radius 1 is 1.03 bits per heavy atom. The number of nitrogens with zero attached hydrogens (tertiary/aromatic N) is 3. The van der Waals surface area contributed by atoms with Crippen LogP contribution in [-0.4, -0.2) is 26.9 Å². The normalized spacial score (nSPS) is 13.6. The molecule has 3 rings (SSSR count). The van der Waals surface area contributed by atoms with Gasteiger partial charge in [-0.3, -0.25) is 14.2 Å². The summed E-state index contributed by atoms with van der Waals surface area (Å²) in [5, 5.41) is 0.579. The Bertz CT molecular complexity index is 1200. The number of fused-ring (bicyclic) bond motifs is 1. The van der Waals surface area contributed by atoms with Crippen LogP contribution in [0, 0.1) is 11.3 Å². The number of aromatic nitrogens is 2. The first kappa shape index (κ1) is 26.7. The number of aryl methyl sites for hydroxylation is 1. The number of amides is 1. The van der Waals surface area contributed by atoms with Crippen LogP contribution in [0.2, 0.25) is 0 Å². The second-order valence-corrected chi connectivity index (χ2v) is 11.0. The van der Waals surface area contributed by atoms with E-state index < -0.39 is 0 Å². The van der Waals surface area contributed by atoms with Crippen molar-refractivity contribution in [2.75, 3.05) is 6.54 Å². The Morgan fingerprint density at radius 2 is 1.69 bits per heavy atom. The van der Waals surface area contributed by atoms with Crippen LogP contribution in [-0.2, 0) is 11.2 Å². The van der Waals surface area contributed by atoms with Gasteiger partial charge in [-0.2, -0.15) is 0 Å². The SMILES string of the molecule is CCCN(C(=O)CC(C)CC(C)(C)C)C(C)c1nc2ccccc2c(=O)n1-c1ccc(CC)cc1. The van der Waals surface area contributed by atoms with Crippen LogP contribution in [0.5, 0.6) is 0 Å². The van der Waals surface area contributed by atoms with Crippen molar-refractivity contribution in [3.8, 4) is 5.69 Å². The van der Waals surface area contributed by atoms with Gasteiger partial charge < -0.3 is 4.90 Å². The molecule has 3 aromatic rings. The monoisotopic (exact) mass is 475 g/mol. The van der Waals surface area contributed by atoms with Crippen molar-refractivity contribution in [2.24, 2.45) is 11.3 Å². The highest BCUT2D eigenvalue weighted by Crippen LogP contribution is 2.29. The average Bonchev–Trinajstić information content (AvgIpc) is 2.81. The summed E-state index contributed by atoms with van der Waals surface area (Å²) in [6, 6.07) is 15.2. The lowest BCUT2D eigenvalue weighted by Gasteiger charge is -2.32. The average molecular weight is 476 g/mol. The summed E-state index contributed by atoms with van der Waals surface area (Å²) in [7, 11) is 0. The zero-order chi connectivity index (χ0) is 25.8. The minimum Gasteiger partial charge on any atom is -0.333 e. The van der Waals surface area contributed by atoms with Crippen molar-refractivity contribution < 1.29 is 4.79 Å². The lowest BCUT2D eigenvalue weighted by molar-refractivity contribution is -0.134. The van der Waals surface area contributed by atoms with E-state index in [2.05, 4.69) is 53.7 Å². The number of rotatable bonds is 9. The lowest BCUT2D eigenvalue weighted by atomic mass is 9.84. The number of para-hydroxylation sites is 1. The number of carbonyl (C=O) groups is 1. The minimum absolute atomic E-state index is 0.105. The van der Waals surface area contributed by atoms with Crippen LogP contribution in [0.3, 0.4) is 0 Å². The molecule has 0 saturated heterocycles. The van der Waals surface area contributed by atoms with E-state index in [9.17, 15) is 9.59 Å². The lowest BCUT2D eigenvalue weighted by Crippen LogP contribution is -2.38. The molecule has 1 heterocycles. The number of hydrogen-bond donors (Lipinski definition) is 0. The maximum Gasteiger partial charge on any atom is 0.266 e. The van der Waals surface area contributed by atoms with Crippen LogP contribution in [0.4, 0.5) is 0 Å². The fourth-order valence-electron chi connectivity index (χ4n) is 5.01. The Morgan fingerprint density at radius 3 is 2.29 bits per heavy atom. The first-order chi connectivity index (χ1) is 16.6. The maximum atomic E-state index is 13.7. The molecule has 0 spiro atoms. The van der Waals surface area contributed by atoms with Gasteiger partial charge in [0, 0.05) is 13.0 Å². The summed E-state index contributed by atoms with van der Waals surface area (Å²) in [5.74, 6) is 0.997. The third kappa shape index (κ3) is 6.39. The van der Waals surface area contributed by atoms with E-state index in [4.69, 9.17) is 4.98 Å². The van der Waals surface area contributed by atoms with E-state index in [-0.39, 0.29) is 28.8 Å². The van der Waals surface area contributed by atoms with Gasteiger partial charge in [0.2, 0.25) is 5.91 Å². The van der Waals surface area contributed by atoms with Crippen molar-refractivity contribution in [1.82, 2.24) is 14.5 Å². The number of carbonyl (C=O) groups excluding carboxylic acids is 1.